The third-order valence-electron chi connectivity index (χ3n) is 2.60. The fourth-order valence-electron chi connectivity index (χ4n) is 1.53. The zero-order valence-corrected chi connectivity index (χ0v) is 12.4. The molecule has 0 aliphatic carbocycles. The quantitative estimate of drug-likeness (QED) is 0.748. The van der Waals surface area contributed by atoms with E-state index in [2.05, 4.69) is 4.72 Å². The van der Waals surface area contributed by atoms with Crippen molar-refractivity contribution >= 4 is 10.0 Å². The lowest BCUT2D eigenvalue weighted by Crippen LogP contribution is -2.25. The molecule has 0 atom stereocenters. The molecule has 0 amide bonds. The van der Waals surface area contributed by atoms with E-state index in [0.29, 0.717) is 19.6 Å². The number of halogens is 3. The summed E-state index contributed by atoms with van der Waals surface area (Å²) in [6.07, 6.45) is -3.09. The maximum absolute atomic E-state index is 12.4. The number of benzene rings is 1. The molecule has 0 aliphatic heterocycles. The van der Waals surface area contributed by atoms with E-state index in [4.69, 9.17) is 4.74 Å². The number of ether oxygens (including phenoxy) is 1. The molecule has 1 N–H and O–H groups in total. The van der Waals surface area contributed by atoms with Crippen molar-refractivity contribution in [3.63, 3.8) is 0 Å². The molecular formula is C13H18F3NO3S. The number of sulfonamides is 1. The van der Waals surface area contributed by atoms with Crippen LogP contribution in [0.4, 0.5) is 13.2 Å². The van der Waals surface area contributed by atoms with Gasteiger partial charge in [-0.1, -0.05) is 6.92 Å². The highest BCUT2D eigenvalue weighted by atomic mass is 32.2. The second-order valence-corrected chi connectivity index (χ2v) is 6.15. The van der Waals surface area contributed by atoms with Gasteiger partial charge in [-0.25, -0.2) is 13.1 Å². The average Bonchev–Trinajstić information content (AvgIpc) is 2.42. The van der Waals surface area contributed by atoms with Gasteiger partial charge in [0.2, 0.25) is 10.0 Å². The maximum Gasteiger partial charge on any atom is 0.416 e. The van der Waals surface area contributed by atoms with Crippen LogP contribution in [0, 0.1) is 0 Å². The van der Waals surface area contributed by atoms with Crippen LogP contribution >= 0.6 is 0 Å². The van der Waals surface area contributed by atoms with Gasteiger partial charge in [0.05, 0.1) is 10.5 Å². The van der Waals surface area contributed by atoms with Crippen molar-refractivity contribution < 1.29 is 26.3 Å². The van der Waals surface area contributed by atoms with E-state index in [1.54, 1.807) is 0 Å². The normalized spacial score (nSPS) is 12.6. The topological polar surface area (TPSA) is 55.4 Å². The Bertz CT molecular complexity index is 527. The van der Waals surface area contributed by atoms with Crippen LogP contribution in [0.3, 0.4) is 0 Å². The number of rotatable bonds is 8. The Labute approximate surface area is 122 Å². The Hall–Kier alpha value is -1.12. The van der Waals surface area contributed by atoms with Gasteiger partial charge in [-0.05, 0) is 37.1 Å². The predicted octanol–water partition coefficient (Wildman–Crippen LogP) is 2.80. The molecule has 0 bridgehead atoms. The molecule has 120 valence electrons. The van der Waals surface area contributed by atoms with Crippen molar-refractivity contribution in [3.8, 4) is 0 Å². The average molecular weight is 325 g/mol. The van der Waals surface area contributed by atoms with Crippen molar-refractivity contribution in [2.24, 2.45) is 0 Å². The Balaban J connectivity index is 2.54. The van der Waals surface area contributed by atoms with Crippen molar-refractivity contribution in [2.75, 3.05) is 19.8 Å². The van der Waals surface area contributed by atoms with Crippen LogP contribution in [-0.2, 0) is 20.9 Å². The summed E-state index contributed by atoms with van der Waals surface area (Å²) >= 11 is 0. The first-order valence-corrected chi connectivity index (χ1v) is 8.00. The molecule has 0 aromatic heterocycles. The SMILES string of the molecule is CCCOCCCNS(=O)(=O)c1ccc(C(F)(F)F)cc1. The molecule has 0 spiro atoms. The second-order valence-electron chi connectivity index (χ2n) is 4.39. The molecule has 0 heterocycles. The summed E-state index contributed by atoms with van der Waals surface area (Å²) in [5.74, 6) is 0. The first-order chi connectivity index (χ1) is 9.77. The molecule has 4 nitrogen and oxygen atoms in total. The number of hydrogen-bond acceptors (Lipinski definition) is 3. The van der Waals surface area contributed by atoms with E-state index in [1.807, 2.05) is 6.92 Å². The molecule has 0 unspecified atom stereocenters. The van der Waals surface area contributed by atoms with Gasteiger partial charge < -0.3 is 4.74 Å². The lowest BCUT2D eigenvalue weighted by molar-refractivity contribution is -0.137. The first kappa shape index (κ1) is 17.9. The molecule has 0 saturated carbocycles. The van der Waals surface area contributed by atoms with Crippen molar-refractivity contribution in [2.45, 2.75) is 30.8 Å². The Morgan fingerprint density at radius 1 is 1.14 bits per heavy atom. The Morgan fingerprint density at radius 2 is 1.76 bits per heavy atom. The molecule has 1 aromatic carbocycles. The van der Waals surface area contributed by atoms with E-state index in [9.17, 15) is 21.6 Å². The number of hydrogen-bond donors (Lipinski definition) is 1. The molecule has 0 radical (unpaired) electrons. The van der Waals surface area contributed by atoms with Gasteiger partial charge >= 0.3 is 6.18 Å². The maximum atomic E-state index is 12.4. The summed E-state index contributed by atoms with van der Waals surface area (Å²) in [7, 11) is -3.79. The number of nitrogens with one attached hydrogen (secondary N) is 1. The summed E-state index contributed by atoms with van der Waals surface area (Å²) in [6, 6.07) is 3.38. The molecule has 21 heavy (non-hydrogen) atoms. The summed E-state index contributed by atoms with van der Waals surface area (Å²) in [6.45, 7) is 3.19. The molecule has 8 heteroatoms. The van der Waals surface area contributed by atoms with Gasteiger partial charge in [-0.3, -0.25) is 0 Å². The standard InChI is InChI=1S/C13H18F3NO3S/c1-2-9-20-10-3-8-17-21(18,19)12-6-4-11(5-7-12)13(14,15)16/h4-7,17H,2-3,8-10H2,1H3. The second kappa shape index (κ2) is 7.77. The van der Waals surface area contributed by atoms with Gasteiger partial charge in [0, 0.05) is 19.8 Å². The highest BCUT2D eigenvalue weighted by Crippen LogP contribution is 2.29. The molecule has 1 aromatic rings. The summed E-state index contributed by atoms with van der Waals surface area (Å²) in [5.41, 5.74) is -0.880. The lowest BCUT2D eigenvalue weighted by atomic mass is 10.2. The predicted molar refractivity (Wildman–Crippen MR) is 72.4 cm³/mol. The van der Waals surface area contributed by atoms with Gasteiger partial charge in [0.25, 0.3) is 0 Å². The van der Waals surface area contributed by atoms with E-state index in [0.717, 1.165) is 30.7 Å². The zero-order chi connectivity index (χ0) is 15.9. The summed E-state index contributed by atoms with van der Waals surface area (Å²) < 4.78 is 68.4. The van der Waals surface area contributed by atoms with Crippen LogP contribution in [0.5, 0.6) is 0 Å². The van der Waals surface area contributed by atoms with Crippen LogP contribution in [0.1, 0.15) is 25.3 Å². The molecule has 0 fully saturated rings. The van der Waals surface area contributed by atoms with Crippen LogP contribution in [0.25, 0.3) is 0 Å². The molecular weight excluding hydrogens is 307 g/mol. The van der Waals surface area contributed by atoms with E-state index < -0.39 is 21.8 Å². The summed E-state index contributed by atoms with van der Waals surface area (Å²) in [4.78, 5) is -0.190. The third-order valence-corrected chi connectivity index (χ3v) is 4.07. The monoisotopic (exact) mass is 325 g/mol. The molecule has 0 saturated heterocycles. The van der Waals surface area contributed by atoms with Crippen LogP contribution in [-0.4, -0.2) is 28.2 Å². The van der Waals surface area contributed by atoms with Crippen LogP contribution < -0.4 is 4.72 Å². The first-order valence-electron chi connectivity index (χ1n) is 6.52. The third kappa shape index (κ3) is 6.03. The largest absolute Gasteiger partial charge is 0.416 e. The minimum atomic E-state index is -4.48. The van der Waals surface area contributed by atoms with Crippen LogP contribution in [0.2, 0.25) is 0 Å². The smallest absolute Gasteiger partial charge is 0.381 e. The van der Waals surface area contributed by atoms with E-state index >= 15 is 0 Å². The van der Waals surface area contributed by atoms with E-state index in [-0.39, 0.29) is 11.4 Å². The Morgan fingerprint density at radius 3 is 2.29 bits per heavy atom. The van der Waals surface area contributed by atoms with Crippen molar-refractivity contribution in [3.05, 3.63) is 29.8 Å². The zero-order valence-electron chi connectivity index (χ0n) is 11.6. The highest BCUT2D eigenvalue weighted by Gasteiger charge is 2.30. The fourth-order valence-corrected chi connectivity index (χ4v) is 2.61. The van der Waals surface area contributed by atoms with Gasteiger partial charge in [-0.15, -0.1) is 0 Å². The minimum absolute atomic E-state index is 0.174. The molecule has 0 aliphatic rings. The van der Waals surface area contributed by atoms with Crippen molar-refractivity contribution in [1.82, 2.24) is 4.72 Å². The van der Waals surface area contributed by atoms with Gasteiger partial charge in [0.1, 0.15) is 0 Å². The minimum Gasteiger partial charge on any atom is -0.381 e. The van der Waals surface area contributed by atoms with E-state index in [1.165, 1.54) is 0 Å². The van der Waals surface area contributed by atoms with Gasteiger partial charge in [-0.2, -0.15) is 13.2 Å². The molecule has 1 rings (SSSR count). The number of alkyl halides is 3. The Kier molecular flexibility index (Phi) is 6.63. The fraction of sp³-hybridized carbons (Fsp3) is 0.538. The van der Waals surface area contributed by atoms with Crippen molar-refractivity contribution in [1.29, 1.82) is 0 Å². The highest BCUT2D eigenvalue weighted by molar-refractivity contribution is 7.89. The van der Waals surface area contributed by atoms with Crippen LogP contribution in [0.15, 0.2) is 29.2 Å². The summed E-state index contributed by atoms with van der Waals surface area (Å²) in [5, 5.41) is 0. The van der Waals surface area contributed by atoms with Gasteiger partial charge in [0.15, 0.2) is 0 Å². The lowest BCUT2D eigenvalue weighted by Gasteiger charge is -2.09.